The van der Waals surface area contributed by atoms with Crippen LogP contribution < -0.4 is 17.0 Å². The summed E-state index contributed by atoms with van der Waals surface area (Å²) in [5.41, 5.74) is 0.648. The van der Waals surface area contributed by atoms with Gasteiger partial charge in [0.2, 0.25) is 0 Å². The summed E-state index contributed by atoms with van der Waals surface area (Å²) >= 11 is 1.45. The van der Waals surface area contributed by atoms with Gasteiger partial charge in [-0.05, 0) is 0 Å². The molecule has 0 fully saturated rings. The quantitative estimate of drug-likeness (QED) is 0.602. The van der Waals surface area contributed by atoms with Crippen molar-refractivity contribution in [1.82, 2.24) is 0 Å². The molecule has 0 radical (unpaired) electrons. The van der Waals surface area contributed by atoms with E-state index in [1.807, 2.05) is 0 Å². The van der Waals surface area contributed by atoms with Crippen LogP contribution in [0.3, 0.4) is 0 Å². The average Bonchev–Trinajstić information content (AvgIpc) is 1.67. The van der Waals surface area contributed by atoms with E-state index in [1.165, 1.54) is 36.2 Å². The van der Waals surface area contributed by atoms with Crippen LogP contribution in [0.4, 0.5) is 0 Å². The maximum Gasteiger partial charge on any atom is -1.00 e. The summed E-state index contributed by atoms with van der Waals surface area (Å²) in [5.74, 6) is 0. The van der Waals surface area contributed by atoms with Gasteiger partial charge in [-0.15, -0.1) is 0 Å². The van der Waals surface area contributed by atoms with Gasteiger partial charge in [0.25, 0.3) is 0 Å². The van der Waals surface area contributed by atoms with Crippen molar-refractivity contribution in [2.75, 3.05) is 0 Å². The van der Waals surface area contributed by atoms with Crippen molar-refractivity contribution in [3.05, 3.63) is 0 Å². The summed E-state index contributed by atoms with van der Waals surface area (Å²) in [6.45, 7) is 6.98. The molecule has 0 bridgehead atoms. The maximum atomic E-state index is 2.36. The monoisotopic (exact) mass is 242 g/mol. The summed E-state index contributed by atoms with van der Waals surface area (Å²) in [7, 11) is 0. The van der Waals surface area contributed by atoms with Gasteiger partial charge in [-0.2, -0.15) is 0 Å². The zero-order valence-corrected chi connectivity index (χ0v) is 11.3. The SMILES string of the molecule is CCCC(C)(C)[CH2][Zn+].[Br-]. The molecule has 9 heavy (non-hydrogen) atoms. The summed E-state index contributed by atoms with van der Waals surface area (Å²) in [5, 5.41) is 1.43. The molecule has 0 nitrogen and oxygen atoms in total. The van der Waals surface area contributed by atoms with Crippen LogP contribution in [0, 0.1) is 5.41 Å². The van der Waals surface area contributed by atoms with E-state index in [4.69, 9.17) is 0 Å². The van der Waals surface area contributed by atoms with Crippen molar-refractivity contribution < 1.29 is 35.3 Å². The molecule has 0 spiro atoms. The first-order valence-corrected chi connectivity index (χ1v) is 5.51. The zero-order chi connectivity index (χ0) is 6.62. The van der Waals surface area contributed by atoms with Gasteiger partial charge in [0.15, 0.2) is 0 Å². The molecular weight excluding hydrogens is 229 g/mol. The number of halogens is 1. The zero-order valence-electron chi connectivity index (χ0n) is 6.71. The van der Waals surface area contributed by atoms with E-state index < -0.39 is 0 Å². The molecule has 0 atom stereocenters. The van der Waals surface area contributed by atoms with E-state index in [1.54, 1.807) is 0 Å². The molecule has 0 rings (SSSR count). The molecule has 0 unspecified atom stereocenters. The van der Waals surface area contributed by atoms with E-state index in [9.17, 15) is 0 Å². The van der Waals surface area contributed by atoms with Gasteiger partial charge in [0.05, 0.1) is 0 Å². The van der Waals surface area contributed by atoms with E-state index in [0.717, 1.165) is 0 Å². The smallest absolute Gasteiger partial charge is 1.00 e. The average molecular weight is 244 g/mol. The maximum absolute atomic E-state index is 2.36. The first-order chi connectivity index (χ1) is 3.62. The van der Waals surface area contributed by atoms with Crippen LogP contribution in [0.5, 0.6) is 0 Å². The Morgan fingerprint density at radius 2 is 1.78 bits per heavy atom. The summed E-state index contributed by atoms with van der Waals surface area (Å²) in [4.78, 5) is 0. The number of rotatable bonds is 3. The summed E-state index contributed by atoms with van der Waals surface area (Å²) in [6, 6.07) is 0. The topological polar surface area (TPSA) is 0 Å². The molecule has 0 aliphatic carbocycles. The first-order valence-electron chi connectivity index (χ1n) is 3.41. The fourth-order valence-electron chi connectivity index (χ4n) is 0.802. The summed E-state index contributed by atoms with van der Waals surface area (Å²) in [6.07, 6.45) is 2.74. The third kappa shape index (κ3) is 7.00. The molecule has 0 aliphatic rings. The van der Waals surface area contributed by atoms with Crippen LogP contribution in [0.25, 0.3) is 0 Å². The minimum atomic E-state index is 0. The van der Waals surface area contributed by atoms with Gasteiger partial charge in [0, 0.05) is 0 Å². The second kappa shape index (κ2) is 5.86. The van der Waals surface area contributed by atoms with Crippen LogP contribution in [-0.2, 0) is 18.3 Å². The van der Waals surface area contributed by atoms with Gasteiger partial charge < -0.3 is 17.0 Å². The van der Waals surface area contributed by atoms with Crippen LogP contribution >= 0.6 is 0 Å². The number of hydrogen-bond acceptors (Lipinski definition) is 0. The molecule has 0 heterocycles. The molecule has 52 valence electrons. The molecule has 0 aromatic heterocycles. The van der Waals surface area contributed by atoms with E-state index in [-0.39, 0.29) is 17.0 Å². The Labute approximate surface area is 79.2 Å². The van der Waals surface area contributed by atoms with Crippen LogP contribution in [0.1, 0.15) is 33.6 Å². The van der Waals surface area contributed by atoms with Gasteiger partial charge >= 0.3 is 62.3 Å². The predicted octanol–water partition coefficient (Wildman–Crippen LogP) is -0.218. The third-order valence-electron chi connectivity index (χ3n) is 1.60. The molecule has 0 saturated carbocycles. The van der Waals surface area contributed by atoms with Gasteiger partial charge in [-0.3, -0.25) is 0 Å². The molecule has 0 saturated heterocycles. The van der Waals surface area contributed by atoms with Gasteiger partial charge in [0.1, 0.15) is 0 Å². The standard InChI is InChI=1S/C7H15.BrH.Zn/c1-5-6-7(2,3)4;;/h2,5-6H2,1,3-4H3;1H;/q;;+1/p-1. The molecule has 0 aromatic rings. The Kier molecular flexibility index (Phi) is 8.30. The molecule has 0 amide bonds. The first kappa shape index (κ1) is 12.8. The Morgan fingerprint density at radius 3 is 1.89 bits per heavy atom. The Morgan fingerprint density at radius 1 is 1.33 bits per heavy atom. The minimum absolute atomic E-state index is 0. The normalized spacial score (nSPS) is 10.8. The molecule has 0 N–H and O–H groups in total. The Hall–Kier alpha value is 1.10. The predicted molar refractivity (Wildman–Crippen MR) is 33.5 cm³/mol. The van der Waals surface area contributed by atoms with Crippen molar-refractivity contribution >= 4 is 0 Å². The fraction of sp³-hybridized carbons (Fsp3) is 1.00. The molecule has 2 heteroatoms. The Balaban J connectivity index is 0. The second-order valence-corrected chi connectivity index (χ2v) is 4.21. The van der Waals surface area contributed by atoms with Crippen molar-refractivity contribution in [2.24, 2.45) is 5.41 Å². The fourth-order valence-corrected chi connectivity index (χ4v) is 1.33. The largest absolute Gasteiger partial charge is 1.00 e. The molecule has 0 aliphatic heterocycles. The minimum Gasteiger partial charge on any atom is -1.00 e. The van der Waals surface area contributed by atoms with Crippen LogP contribution in [-0.4, -0.2) is 0 Å². The second-order valence-electron chi connectivity index (χ2n) is 3.16. The van der Waals surface area contributed by atoms with Gasteiger partial charge in [-0.1, -0.05) is 0 Å². The molecule has 0 aromatic carbocycles. The summed E-state index contributed by atoms with van der Waals surface area (Å²) < 4.78 is 0. The third-order valence-corrected chi connectivity index (χ3v) is 4.44. The van der Waals surface area contributed by atoms with E-state index in [0.29, 0.717) is 5.41 Å². The Bertz CT molecular complexity index is 61.9. The van der Waals surface area contributed by atoms with Crippen LogP contribution in [0.15, 0.2) is 0 Å². The number of hydrogen-bond donors (Lipinski definition) is 0. The van der Waals surface area contributed by atoms with Crippen LogP contribution in [0.2, 0.25) is 5.02 Å². The molecular formula is C7H15BrZn. The van der Waals surface area contributed by atoms with Crippen molar-refractivity contribution in [2.45, 2.75) is 38.6 Å². The van der Waals surface area contributed by atoms with E-state index >= 15 is 0 Å². The van der Waals surface area contributed by atoms with Gasteiger partial charge in [-0.25, -0.2) is 0 Å². The van der Waals surface area contributed by atoms with E-state index in [2.05, 4.69) is 20.8 Å². The van der Waals surface area contributed by atoms with Crippen molar-refractivity contribution in [3.8, 4) is 0 Å². The van der Waals surface area contributed by atoms with Crippen molar-refractivity contribution in [3.63, 3.8) is 0 Å². The van der Waals surface area contributed by atoms with Crippen molar-refractivity contribution in [1.29, 1.82) is 0 Å².